The molecule has 1 heterocycles. The summed E-state index contributed by atoms with van der Waals surface area (Å²) in [5.41, 5.74) is 2.45. The first-order valence-electron chi connectivity index (χ1n) is 10.2. The average molecular weight is 445 g/mol. The van der Waals surface area contributed by atoms with Gasteiger partial charge in [-0.1, -0.05) is 35.1 Å². The van der Waals surface area contributed by atoms with Gasteiger partial charge in [0.25, 0.3) is 5.91 Å². The molecule has 0 saturated heterocycles. The number of nitrogens with zero attached hydrogens (tertiary/aromatic N) is 4. The number of benzene rings is 3. The third-order valence-electron chi connectivity index (χ3n) is 5.44. The van der Waals surface area contributed by atoms with Crippen molar-refractivity contribution in [1.29, 1.82) is 0 Å². The fraction of sp³-hybridized carbons (Fsp3) is 0.167. The molecule has 168 valence electrons. The number of fused-ring (bicyclic) bond motifs is 1. The maximum absolute atomic E-state index is 12.9. The van der Waals surface area contributed by atoms with E-state index in [4.69, 9.17) is 4.74 Å². The van der Waals surface area contributed by atoms with Crippen molar-refractivity contribution < 1.29 is 19.4 Å². The lowest BCUT2D eigenvalue weighted by Crippen LogP contribution is -2.32. The van der Waals surface area contributed by atoms with Gasteiger partial charge in [0.15, 0.2) is 0 Å². The van der Waals surface area contributed by atoms with Crippen LogP contribution in [0.15, 0.2) is 54.6 Å². The number of carbonyl (C=O) groups is 2. The number of phenols is 1. The zero-order valence-corrected chi connectivity index (χ0v) is 18.7. The predicted molar refractivity (Wildman–Crippen MR) is 125 cm³/mol. The van der Waals surface area contributed by atoms with Crippen LogP contribution in [0.1, 0.15) is 21.7 Å². The Hall–Kier alpha value is -4.40. The minimum absolute atomic E-state index is 0.0968. The molecule has 0 saturated carbocycles. The average Bonchev–Trinajstić information content (AvgIpc) is 3.16. The van der Waals surface area contributed by atoms with E-state index in [1.54, 1.807) is 69.4 Å². The molecule has 0 aliphatic rings. The molecule has 0 radical (unpaired) electrons. The smallest absolute Gasteiger partial charge is 0.366 e. The van der Waals surface area contributed by atoms with Gasteiger partial charge in [0.1, 0.15) is 11.5 Å². The number of aromatic nitrogens is 3. The van der Waals surface area contributed by atoms with Gasteiger partial charge in [0.2, 0.25) is 0 Å². The first kappa shape index (κ1) is 21.8. The Labute approximate surface area is 190 Å². The number of anilines is 2. The van der Waals surface area contributed by atoms with Gasteiger partial charge in [0, 0.05) is 17.8 Å². The van der Waals surface area contributed by atoms with Crippen molar-refractivity contribution in [3.63, 3.8) is 0 Å². The van der Waals surface area contributed by atoms with Crippen LogP contribution in [0.25, 0.3) is 10.8 Å². The van der Waals surface area contributed by atoms with Crippen LogP contribution in [0.4, 0.5) is 16.2 Å². The van der Waals surface area contributed by atoms with Crippen molar-refractivity contribution in [3.8, 4) is 11.5 Å². The fourth-order valence-corrected chi connectivity index (χ4v) is 3.51. The number of para-hydroxylation sites is 2. The molecular formula is C24H23N5O4. The molecule has 0 fully saturated rings. The minimum atomic E-state index is -0.486. The van der Waals surface area contributed by atoms with Gasteiger partial charge in [-0.15, -0.1) is 10.2 Å². The van der Waals surface area contributed by atoms with Crippen LogP contribution in [-0.4, -0.2) is 46.2 Å². The molecule has 3 aromatic carbocycles. The maximum atomic E-state index is 12.9. The zero-order chi connectivity index (χ0) is 23.7. The molecule has 9 nitrogen and oxygen atoms in total. The highest BCUT2D eigenvalue weighted by Gasteiger charge is 2.21. The zero-order valence-electron chi connectivity index (χ0n) is 18.7. The number of hydrogen-bond acceptors (Lipinski definition) is 6. The van der Waals surface area contributed by atoms with Crippen molar-refractivity contribution in [2.24, 2.45) is 0 Å². The summed E-state index contributed by atoms with van der Waals surface area (Å²) in [4.78, 5) is 28.2. The van der Waals surface area contributed by atoms with Gasteiger partial charge < -0.3 is 15.2 Å². The summed E-state index contributed by atoms with van der Waals surface area (Å²) in [6.07, 6.45) is 0. The molecule has 0 bridgehead atoms. The van der Waals surface area contributed by atoms with E-state index in [1.807, 2.05) is 0 Å². The third kappa shape index (κ3) is 3.96. The van der Waals surface area contributed by atoms with Crippen molar-refractivity contribution in [2.45, 2.75) is 13.8 Å². The van der Waals surface area contributed by atoms with Gasteiger partial charge in [-0.3, -0.25) is 9.69 Å². The Morgan fingerprint density at radius 3 is 2.36 bits per heavy atom. The lowest BCUT2D eigenvalue weighted by atomic mass is 10.0. The minimum Gasteiger partial charge on any atom is -0.506 e. The number of phenolic OH excluding ortho intramolecular Hbond substituents is 1. The van der Waals surface area contributed by atoms with E-state index in [0.29, 0.717) is 39.3 Å². The number of ether oxygens (including phenoxy) is 1. The number of carbonyl (C=O) groups excluding carboxylic acids is 2. The second kappa shape index (κ2) is 8.62. The Morgan fingerprint density at radius 1 is 0.970 bits per heavy atom. The number of aryl methyl sites for hydroxylation is 2. The van der Waals surface area contributed by atoms with Crippen molar-refractivity contribution in [2.75, 3.05) is 24.4 Å². The summed E-state index contributed by atoms with van der Waals surface area (Å²) in [5.74, 6) is -0.168. The second-order valence-electron chi connectivity index (χ2n) is 7.49. The lowest BCUT2D eigenvalue weighted by molar-refractivity contribution is 0.102. The van der Waals surface area contributed by atoms with E-state index < -0.39 is 11.9 Å². The second-order valence-corrected chi connectivity index (χ2v) is 7.49. The SMILES string of the molecule is COc1ccccc1NC(=O)c1ccc2c(N(C)C(=O)n3nc(C)c(C)n3)cccc2c1O. The highest BCUT2D eigenvalue weighted by atomic mass is 16.5. The number of methoxy groups -OCH3 is 1. The monoisotopic (exact) mass is 445 g/mol. The van der Waals surface area contributed by atoms with Crippen LogP contribution in [-0.2, 0) is 0 Å². The molecule has 4 aromatic rings. The summed E-state index contributed by atoms with van der Waals surface area (Å²) < 4.78 is 5.27. The molecule has 0 aliphatic heterocycles. The van der Waals surface area contributed by atoms with E-state index in [0.717, 1.165) is 4.80 Å². The molecule has 0 atom stereocenters. The molecule has 0 aliphatic carbocycles. The van der Waals surface area contributed by atoms with Crippen molar-refractivity contribution in [3.05, 3.63) is 71.5 Å². The van der Waals surface area contributed by atoms with Crippen LogP contribution < -0.4 is 15.0 Å². The molecule has 0 unspecified atom stereocenters. The summed E-state index contributed by atoms with van der Waals surface area (Å²) in [7, 11) is 3.11. The topological polar surface area (TPSA) is 110 Å². The quantitative estimate of drug-likeness (QED) is 0.489. The van der Waals surface area contributed by atoms with Gasteiger partial charge >= 0.3 is 6.03 Å². The number of amides is 2. The molecular weight excluding hydrogens is 422 g/mol. The Kier molecular flexibility index (Phi) is 5.70. The molecule has 4 rings (SSSR count). The first-order chi connectivity index (χ1) is 15.8. The van der Waals surface area contributed by atoms with E-state index in [9.17, 15) is 14.7 Å². The highest BCUT2D eigenvalue weighted by Crippen LogP contribution is 2.35. The van der Waals surface area contributed by atoms with Crippen LogP contribution >= 0.6 is 0 Å². The molecule has 0 spiro atoms. The molecule has 2 amide bonds. The normalized spacial score (nSPS) is 10.8. The molecule has 2 N–H and O–H groups in total. The van der Waals surface area contributed by atoms with Crippen LogP contribution in [0.2, 0.25) is 0 Å². The molecule has 33 heavy (non-hydrogen) atoms. The number of aromatic hydroxyl groups is 1. The summed E-state index contributed by atoms with van der Waals surface area (Å²) >= 11 is 0. The van der Waals surface area contributed by atoms with Crippen LogP contribution in [0.5, 0.6) is 11.5 Å². The van der Waals surface area contributed by atoms with Crippen LogP contribution in [0, 0.1) is 13.8 Å². The van der Waals surface area contributed by atoms with Crippen molar-refractivity contribution >= 4 is 34.1 Å². The number of rotatable bonds is 4. The Bertz CT molecular complexity index is 1360. The first-order valence-corrected chi connectivity index (χ1v) is 10.2. The van der Waals surface area contributed by atoms with Crippen molar-refractivity contribution in [1.82, 2.24) is 15.0 Å². The summed E-state index contributed by atoms with van der Waals surface area (Å²) in [6, 6.07) is 14.9. The molecule has 9 heteroatoms. The van der Waals surface area contributed by atoms with Gasteiger partial charge in [-0.2, -0.15) is 0 Å². The largest absolute Gasteiger partial charge is 0.506 e. The third-order valence-corrected chi connectivity index (χ3v) is 5.44. The fourth-order valence-electron chi connectivity index (χ4n) is 3.51. The highest BCUT2D eigenvalue weighted by molar-refractivity contribution is 6.12. The van der Waals surface area contributed by atoms with E-state index in [2.05, 4.69) is 15.5 Å². The summed E-state index contributed by atoms with van der Waals surface area (Å²) in [5, 5.41) is 23.0. The van der Waals surface area contributed by atoms with Gasteiger partial charge in [0.05, 0.1) is 35.4 Å². The Balaban J connectivity index is 1.69. The lowest BCUT2D eigenvalue weighted by Gasteiger charge is -2.19. The Morgan fingerprint density at radius 2 is 1.67 bits per heavy atom. The van der Waals surface area contributed by atoms with Gasteiger partial charge in [-0.25, -0.2) is 4.79 Å². The molecule has 1 aromatic heterocycles. The predicted octanol–water partition coefficient (Wildman–Crippen LogP) is 4.12. The van der Waals surface area contributed by atoms with Gasteiger partial charge in [-0.05, 0) is 38.1 Å². The van der Waals surface area contributed by atoms with Crippen LogP contribution in [0.3, 0.4) is 0 Å². The van der Waals surface area contributed by atoms with E-state index in [-0.39, 0.29) is 11.3 Å². The maximum Gasteiger partial charge on any atom is 0.366 e. The summed E-state index contributed by atoms with van der Waals surface area (Å²) in [6.45, 7) is 3.55. The van der Waals surface area contributed by atoms with E-state index in [1.165, 1.54) is 18.1 Å². The number of hydrogen-bond donors (Lipinski definition) is 2. The number of nitrogens with one attached hydrogen (secondary N) is 1. The van der Waals surface area contributed by atoms with E-state index >= 15 is 0 Å². The standard InChI is InChI=1S/C24H23N5O4/c1-14-15(2)27-29(26-14)24(32)28(3)20-10-7-8-17-16(20)12-13-18(22(17)30)23(31)25-19-9-5-6-11-21(19)33-4/h5-13,30H,1-4H3,(H,25,31).